The fraction of sp³-hybridized carbons (Fsp3) is 0.200. The van der Waals surface area contributed by atoms with Crippen LogP contribution in [0.3, 0.4) is 0 Å². The summed E-state index contributed by atoms with van der Waals surface area (Å²) in [5.41, 5.74) is 1.05. The maximum Gasteiger partial charge on any atom is 0.435 e. The number of benzene rings is 1. The Labute approximate surface area is 159 Å². The van der Waals surface area contributed by atoms with E-state index in [9.17, 15) is 13.2 Å². The number of anilines is 1. The molecule has 0 bridgehead atoms. The standard InChI is InChI=1S/C20H17F3N4O/c1-13-3-5-14(6-4-13)26-10-9-24-11-16(26)18-19(20(21,22)23)25-17-8-7-15(28-2)12-27(17)18/h3-12,16H,1-2H3. The maximum absolute atomic E-state index is 13.8. The van der Waals surface area contributed by atoms with Crippen LogP contribution in [0.4, 0.5) is 18.9 Å². The SMILES string of the molecule is COc1ccc2nc(C(F)(F)F)c(C3C=NC=CN3c3ccc(C)cc3)n2c1. The molecule has 0 spiro atoms. The summed E-state index contributed by atoms with van der Waals surface area (Å²) in [7, 11) is 1.46. The first-order chi connectivity index (χ1) is 13.4. The van der Waals surface area contributed by atoms with E-state index >= 15 is 0 Å². The fourth-order valence-electron chi connectivity index (χ4n) is 3.23. The van der Waals surface area contributed by atoms with Crippen LogP contribution in [0, 0.1) is 6.92 Å². The molecule has 3 heterocycles. The number of methoxy groups -OCH3 is 1. The van der Waals surface area contributed by atoms with Gasteiger partial charge in [-0.05, 0) is 31.2 Å². The lowest BCUT2D eigenvalue weighted by molar-refractivity contribution is -0.141. The van der Waals surface area contributed by atoms with Gasteiger partial charge in [0.15, 0.2) is 5.69 Å². The molecule has 28 heavy (non-hydrogen) atoms. The van der Waals surface area contributed by atoms with E-state index in [1.54, 1.807) is 23.4 Å². The van der Waals surface area contributed by atoms with Gasteiger partial charge in [-0.1, -0.05) is 17.7 Å². The monoisotopic (exact) mass is 386 g/mol. The van der Waals surface area contributed by atoms with Crippen molar-refractivity contribution in [3.05, 3.63) is 71.9 Å². The molecule has 2 aromatic heterocycles. The van der Waals surface area contributed by atoms with Crippen LogP contribution in [0.2, 0.25) is 0 Å². The second-order valence-electron chi connectivity index (χ2n) is 6.42. The number of aromatic nitrogens is 2. The molecular formula is C20H17F3N4O. The van der Waals surface area contributed by atoms with Gasteiger partial charge in [0, 0.05) is 24.3 Å². The summed E-state index contributed by atoms with van der Waals surface area (Å²) in [6, 6.07) is 9.85. The van der Waals surface area contributed by atoms with Gasteiger partial charge in [-0.2, -0.15) is 13.2 Å². The van der Waals surface area contributed by atoms with Gasteiger partial charge in [-0.15, -0.1) is 0 Å². The minimum absolute atomic E-state index is 0.0184. The molecule has 8 heteroatoms. The quantitative estimate of drug-likeness (QED) is 0.651. The van der Waals surface area contributed by atoms with Crippen LogP contribution in [-0.2, 0) is 6.18 Å². The molecule has 0 radical (unpaired) electrons. The number of aliphatic imine (C=N–C) groups is 1. The van der Waals surface area contributed by atoms with Crippen molar-refractivity contribution in [1.29, 1.82) is 0 Å². The third kappa shape index (κ3) is 3.11. The lowest BCUT2D eigenvalue weighted by Crippen LogP contribution is -2.29. The van der Waals surface area contributed by atoms with Gasteiger partial charge in [0.05, 0.1) is 19.0 Å². The van der Waals surface area contributed by atoms with Gasteiger partial charge in [-0.25, -0.2) is 4.98 Å². The first kappa shape index (κ1) is 18.1. The van der Waals surface area contributed by atoms with Crippen molar-refractivity contribution in [3.63, 3.8) is 0 Å². The van der Waals surface area contributed by atoms with Gasteiger partial charge < -0.3 is 9.64 Å². The Morgan fingerprint density at radius 3 is 2.50 bits per heavy atom. The van der Waals surface area contributed by atoms with E-state index in [0.717, 1.165) is 11.3 Å². The Kier molecular flexibility index (Phi) is 4.33. The van der Waals surface area contributed by atoms with Crippen molar-refractivity contribution < 1.29 is 17.9 Å². The number of imidazole rings is 1. The van der Waals surface area contributed by atoms with Crippen LogP contribution in [-0.4, -0.2) is 22.7 Å². The zero-order valence-corrected chi connectivity index (χ0v) is 15.2. The van der Waals surface area contributed by atoms with Gasteiger partial charge >= 0.3 is 6.18 Å². The smallest absolute Gasteiger partial charge is 0.435 e. The van der Waals surface area contributed by atoms with E-state index in [1.807, 2.05) is 31.2 Å². The third-order valence-corrected chi connectivity index (χ3v) is 4.59. The Morgan fingerprint density at radius 2 is 1.82 bits per heavy atom. The Bertz CT molecular complexity index is 1070. The molecule has 0 amide bonds. The van der Waals surface area contributed by atoms with Crippen molar-refractivity contribution in [3.8, 4) is 5.75 Å². The Balaban J connectivity index is 1.93. The molecule has 0 saturated heterocycles. The summed E-state index contributed by atoms with van der Waals surface area (Å²) < 4.78 is 48.1. The van der Waals surface area contributed by atoms with E-state index in [2.05, 4.69) is 9.98 Å². The van der Waals surface area contributed by atoms with E-state index in [1.165, 1.54) is 30.0 Å². The van der Waals surface area contributed by atoms with E-state index in [4.69, 9.17) is 4.74 Å². The summed E-state index contributed by atoms with van der Waals surface area (Å²) >= 11 is 0. The molecule has 0 aliphatic carbocycles. The summed E-state index contributed by atoms with van der Waals surface area (Å²) in [5, 5.41) is 0. The fourth-order valence-corrected chi connectivity index (χ4v) is 3.23. The zero-order chi connectivity index (χ0) is 19.9. The summed E-state index contributed by atoms with van der Waals surface area (Å²) in [5.74, 6) is 0.435. The van der Waals surface area contributed by atoms with Crippen molar-refractivity contribution in [2.45, 2.75) is 19.1 Å². The largest absolute Gasteiger partial charge is 0.495 e. The predicted octanol–water partition coefficient (Wildman–Crippen LogP) is 4.77. The van der Waals surface area contributed by atoms with Crippen LogP contribution >= 0.6 is 0 Å². The van der Waals surface area contributed by atoms with Crippen LogP contribution in [0.15, 0.2) is 60.0 Å². The summed E-state index contributed by atoms with van der Waals surface area (Å²) in [6.45, 7) is 1.95. The first-order valence-corrected chi connectivity index (χ1v) is 8.56. The molecule has 4 rings (SSSR count). The van der Waals surface area contributed by atoms with Gasteiger partial charge in [0.25, 0.3) is 0 Å². The normalized spacial score (nSPS) is 16.8. The molecule has 1 atom stereocenters. The number of aryl methyl sites for hydroxylation is 1. The lowest BCUT2D eigenvalue weighted by Gasteiger charge is -2.30. The molecule has 0 fully saturated rings. The number of hydrogen-bond acceptors (Lipinski definition) is 4. The van der Waals surface area contributed by atoms with Crippen molar-refractivity contribution in [1.82, 2.24) is 9.38 Å². The van der Waals surface area contributed by atoms with Gasteiger partial charge in [0.2, 0.25) is 0 Å². The average molecular weight is 386 g/mol. The second-order valence-corrected chi connectivity index (χ2v) is 6.42. The Hall–Kier alpha value is -3.29. The number of fused-ring (bicyclic) bond motifs is 1. The molecule has 144 valence electrons. The summed E-state index contributed by atoms with van der Waals surface area (Å²) in [6.07, 6.45) is 1.59. The molecule has 1 unspecified atom stereocenters. The minimum atomic E-state index is -4.61. The molecule has 0 N–H and O–H groups in total. The maximum atomic E-state index is 13.8. The van der Waals surface area contributed by atoms with Crippen LogP contribution in [0.5, 0.6) is 5.75 Å². The number of hydrogen-bond donors (Lipinski definition) is 0. The van der Waals surface area contributed by atoms with Crippen LogP contribution in [0.25, 0.3) is 5.65 Å². The number of pyridine rings is 1. The predicted molar refractivity (Wildman–Crippen MR) is 101 cm³/mol. The van der Waals surface area contributed by atoms with Gasteiger partial charge in [0.1, 0.15) is 17.4 Å². The molecule has 5 nitrogen and oxygen atoms in total. The summed E-state index contributed by atoms with van der Waals surface area (Å²) in [4.78, 5) is 9.68. The molecular weight excluding hydrogens is 369 g/mol. The highest BCUT2D eigenvalue weighted by Crippen LogP contribution is 2.38. The highest BCUT2D eigenvalue weighted by atomic mass is 19.4. The van der Waals surface area contributed by atoms with Crippen molar-refractivity contribution in [2.24, 2.45) is 4.99 Å². The zero-order valence-electron chi connectivity index (χ0n) is 15.2. The number of rotatable bonds is 3. The highest BCUT2D eigenvalue weighted by Gasteiger charge is 2.41. The second kappa shape index (κ2) is 6.70. The molecule has 1 aliphatic rings. The highest BCUT2D eigenvalue weighted by molar-refractivity contribution is 5.77. The number of nitrogens with zero attached hydrogens (tertiary/aromatic N) is 4. The number of halogens is 3. The number of ether oxygens (including phenoxy) is 1. The van der Waals surface area contributed by atoms with Crippen molar-refractivity contribution in [2.75, 3.05) is 12.0 Å². The lowest BCUT2D eigenvalue weighted by atomic mass is 10.1. The van der Waals surface area contributed by atoms with Gasteiger partial charge in [-0.3, -0.25) is 9.39 Å². The van der Waals surface area contributed by atoms with Crippen LogP contribution in [0.1, 0.15) is 23.0 Å². The van der Waals surface area contributed by atoms with E-state index in [-0.39, 0.29) is 11.3 Å². The molecule has 1 aromatic carbocycles. The first-order valence-electron chi connectivity index (χ1n) is 8.56. The number of alkyl halides is 3. The van der Waals surface area contributed by atoms with E-state index in [0.29, 0.717) is 5.75 Å². The van der Waals surface area contributed by atoms with E-state index < -0.39 is 17.9 Å². The average Bonchev–Trinajstić information content (AvgIpc) is 3.07. The third-order valence-electron chi connectivity index (χ3n) is 4.59. The van der Waals surface area contributed by atoms with Crippen LogP contribution < -0.4 is 9.64 Å². The minimum Gasteiger partial charge on any atom is -0.495 e. The Morgan fingerprint density at radius 1 is 1.07 bits per heavy atom. The molecule has 1 aliphatic heterocycles. The topological polar surface area (TPSA) is 42.1 Å². The van der Waals surface area contributed by atoms with Crippen molar-refractivity contribution >= 4 is 17.5 Å². The molecule has 3 aromatic rings. The molecule has 0 saturated carbocycles.